The first-order valence-electron chi connectivity index (χ1n) is 6.71. The summed E-state index contributed by atoms with van der Waals surface area (Å²) in [5, 5.41) is 11.3. The Hall–Kier alpha value is -2.14. The van der Waals surface area contributed by atoms with Gasteiger partial charge >= 0.3 is 0 Å². The molecule has 0 radical (unpaired) electrons. The molecule has 3 rings (SSSR count). The van der Waals surface area contributed by atoms with E-state index in [9.17, 15) is 9.90 Å². The summed E-state index contributed by atoms with van der Waals surface area (Å²) in [6, 6.07) is 9.75. The van der Waals surface area contributed by atoms with Crippen LogP contribution < -0.4 is 10.6 Å². The van der Waals surface area contributed by atoms with E-state index in [-0.39, 0.29) is 6.54 Å². The van der Waals surface area contributed by atoms with Gasteiger partial charge in [-0.2, -0.15) is 0 Å². The third-order valence-corrected chi connectivity index (χ3v) is 3.90. The lowest BCUT2D eigenvalue weighted by molar-refractivity contribution is -0.137. The molecule has 1 aromatic carbocycles. The maximum absolute atomic E-state index is 11.4. The number of piperidine rings is 1. The standard InChI is InChI=1S/C15H17N3O2/c16-14(19)15(20)7-3-9-18(10-15)13-6-8-17-12-5-2-1-4-11(12)13/h1-2,4-6,8,20H,3,7,9-10H2,(H2,16,19)/t15-/m0/s1. The first kappa shape index (κ1) is 12.9. The van der Waals surface area contributed by atoms with Crippen molar-refractivity contribution in [1.82, 2.24) is 4.98 Å². The number of amides is 1. The molecule has 1 fully saturated rings. The Morgan fingerprint density at radius 2 is 2.15 bits per heavy atom. The lowest BCUT2D eigenvalue weighted by atomic mass is 9.91. The third kappa shape index (κ3) is 2.10. The third-order valence-electron chi connectivity index (χ3n) is 3.90. The Bertz CT molecular complexity index is 653. The molecule has 0 bridgehead atoms. The number of carbonyl (C=O) groups is 1. The van der Waals surface area contributed by atoms with Crippen molar-refractivity contribution in [3.8, 4) is 0 Å². The second-order valence-electron chi connectivity index (χ2n) is 5.27. The van der Waals surface area contributed by atoms with E-state index in [2.05, 4.69) is 4.98 Å². The number of nitrogens with two attached hydrogens (primary N) is 1. The van der Waals surface area contributed by atoms with Gasteiger partial charge < -0.3 is 15.7 Å². The molecule has 1 aliphatic heterocycles. The Morgan fingerprint density at radius 3 is 2.95 bits per heavy atom. The summed E-state index contributed by atoms with van der Waals surface area (Å²) >= 11 is 0. The number of pyridine rings is 1. The largest absolute Gasteiger partial charge is 0.378 e. The first-order chi connectivity index (χ1) is 9.60. The number of para-hydroxylation sites is 1. The molecule has 1 aliphatic rings. The summed E-state index contributed by atoms with van der Waals surface area (Å²) in [4.78, 5) is 17.8. The lowest BCUT2D eigenvalue weighted by Gasteiger charge is -2.38. The molecule has 3 N–H and O–H groups in total. The number of carbonyl (C=O) groups excluding carboxylic acids is 1. The molecule has 1 saturated heterocycles. The van der Waals surface area contributed by atoms with Gasteiger partial charge in [0.25, 0.3) is 5.91 Å². The zero-order chi connectivity index (χ0) is 14.2. The molecule has 104 valence electrons. The minimum atomic E-state index is -1.44. The fourth-order valence-corrected chi connectivity index (χ4v) is 2.80. The summed E-state index contributed by atoms with van der Waals surface area (Å²) in [6.07, 6.45) is 2.90. The number of aromatic nitrogens is 1. The van der Waals surface area contributed by atoms with Gasteiger partial charge in [0.15, 0.2) is 5.60 Å². The van der Waals surface area contributed by atoms with Gasteiger partial charge in [-0.1, -0.05) is 18.2 Å². The molecule has 20 heavy (non-hydrogen) atoms. The summed E-state index contributed by atoms with van der Waals surface area (Å²) in [5.41, 5.74) is 5.77. The molecule has 0 spiro atoms. The smallest absolute Gasteiger partial charge is 0.251 e. The van der Waals surface area contributed by atoms with Crippen LogP contribution in [0.4, 0.5) is 5.69 Å². The van der Waals surface area contributed by atoms with E-state index in [1.165, 1.54) is 0 Å². The normalized spacial score (nSPS) is 22.9. The number of primary amides is 1. The van der Waals surface area contributed by atoms with Gasteiger partial charge in [0, 0.05) is 23.8 Å². The zero-order valence-corrected chi connectivity index (χ0v) is 11.1. The van der Waals surface area contributed by atoms with Crippen LogP contribution in [0.5, 0.6) is 0 Å². The van der Waals surface area contributed by atoms with Crippen LogP contribution in [0.2, 0.25) is 0 Å². The Morgan fingerprint density at radius 1 is 1.35 bits per heavy atom. The molecule has 5 nitrogen and oxygen atoms in total. The highest BCUT2D eigenvalue weighted by molar-refractivity contribution is 5.92. The van der Waals surface area contributed by atoms with Crippen molar-refractivity contribution in [1.29, 1.82) is 0 Å². The van der Waals surface area contributed by atoms with Gasteiger partial charge in [0.2, 0.25) is 0 Å². The van der Waals surface area contributed by atoms with Gasteiger partial charge in [-0.25, -0.2) is 0 Å². The fraction of sp³-hybridized carbons (Fsp3) is 0.333. The van der Waals surface area contributed by atoms with E-state index >= 15 is 0 Å². The summed E-state index contributed by atoms with van der Waals surface area (Å²) in [5.74, 6) is -0.652. The van der Waals surface area contributed by atoms with E-state index in [0.29, 0.717) is 6.42 Å². The number of rotatable bonds is 2. The summed E-state index contributed by atoms with van der Waals surface area (Å²) in [6.45, 7) is 1.03. The Kier molecular flexibility index (Phi) is 3.06. The number of anilines is 1. The SMILES string of the molecule is NC(=O)[C@]1(O)CCCN(c2ccnc3ccccc23)C1. The number of nitrogens with zero attached hydrogens (tertiary/aromatic N) is 2. The molecule has 5 heteroatoms. The monoisotopic (exact) mass is 271 g/mol. The highest BCUT2D eigenvalue weighted by Gasteiger charge is 2.39. The number of fused-ring (bicyclic) bond motifs is 1. The van der Waals surface area contributed by atoms with Crippen molar-refractivity contribution in [2.24, 2.45) is 5.73 Å². The molecule has 1 amide bonds. The van der Waals surface area contributed by atoms with Gasteiger partial charge in [0.05, 0.1) is 12.1 Å². The molecular formula is C15H17N3O2. The van der Waals surface area contributed by atoms with Crippen molar-refractivity contribution in [3.63, 3.8) is 0 Å². The number of β-amino-alcohol motifs (C(OH)–C–C–N with tert-alkyl or cyclic N) is 1. The molecule has 1 aromatic heterocycles. The average Bonchev–Trinajstić information content (AvgIpc) is 2.46. The number of hydrogen-bond acceptors (Lipinski definition) is 4. The quantitative estimate of drug-likeness (QED) is 0.855. The average molecular weight is 271 g/mol. The molecule has 1 atom stereocenters. The van der Waals surface area contributed by atoms with E-state index in [4.69, 9.17) is 5.73 Å². The number of hydrogen-bond donors (Lipinski definition) is 2. The number of benzene rings is 1. The van der Waals surface area contributed by atoms with Gasteiger partial charge in [-0.15, -0.1) is 0 Å². The van der Waals surface area contributed by atoms with Crippen molar-refractivity contribution in [2.75, 3.05) is 18.0 Å². The van der Waals surface area contributed by atoms with Crippen LogP contribution in [0.1, 0.15) is 12.8 Å². The molecule has 2 heterocycles. The predicted molar refractivity (Wildman–Crippen MR) is 77.3 cm³/mol. The van der Waals surface area contributed by atoms with Crippen LogP contribution in [0.3, 0.4) is 0 Å². The second kappa shape index (κ2) is 4.76. The fourth-order valence-electron chi connectivity index (χ4n) is 2.80. The van der Waals surface area contributed by atoms with Crippen molar-refractivity contribution in [2.45, 2.75) is 18.4 Å². The van der Waals surface area contributed by atoms with Crippen LogP contribution in [-0.2, 0) is 4.79 Å². The molecule has 0 aliphatic carbocycles. The molecule has 0 unspecified atom stereocenters. The lowest BCUT2D eigenvalue weighted by Crippen LogP contribution is -2.56. The van der Waals surface area contributed by atoms with Gasteiger partial charge in [-0.3, -0.25) is 9.78 Å². The predicted octanol–water partition coefficient (Wildman–Crippen LogP) is 1.05. The summed E-state index contributed by atoms with van der Waals surface area (Å²) < 4.78 is 0. The van der Waals surface area contributed by atoms with Gasteiger partial charge in [-0.05, 0) is 25.0 Å². The Balaban J connectivity index is 2.01. The van der Waals surface area contributed by atoms with Crippen molar-refractivity contribution >= 4 is 22.5 Å². The van der Waals surface area contributed by atoms with Crippen LogP contribution in [0.15, 0.2) is 36.5 Å². The molecular weight excluding hydrogens is 254 g/mol. The topological polar surface area (TPSA) is 79.5 Å². The van der Waals surface area contributed by atoms with E-state index in [1.807, 2.05) is 35.2 Å². The minimum absolute atomic E-state index is 0.232. The van der Waals surface area contributed by atoms with Crippen LogP contribution >= 0.6 is 0 Å². The zero-order valence-electron chi connectivity index (χ0n) is 11.1. The van der Waals surface area contributed by atoms with E-state index in [0.717, 1.165) is 29.6 Å². The second-order valence-corrected chi connectivity index (χ2v) is 5.27. The molecule has 2 aromatic rings. The Labute approximate surface area is 117 Å². The minimum Gasteiger partial charge on any atom is -0.378 e. The van der Waals surface area contributed by atoms with E-state index < -0.39 is 11.5 Å². The van der Waals surface area contributed by atoms with Crippen molar-refractivity contribution < 1.29 is 9.90 Å². The molecule has 0 saturated carbocycles. The highest BCUT2D eigenvalue weighted by Crippen LogP contribution is 2.30. The maximum atomic E-state index is 11.4. The highest BCUT2D eigenvalue weighted by atomic mass is 16.3. The van der Waals surface area contributed by atoms with Crippen LogP contribution in [0, 0.1) is 0 Å². The summed E-state index contributed by atoms with van der Waals surface area (Å²) in [7, 11) is 0. The van der Waals surface area contributed by atoms with Gasteiger partial charge in [0.1, 0.15) is 0 Å². The van der Waals surface area contributed by atoms with Crippen LogP contribution in [0.25, 0.3) is 10.9 Å². The first-order valence-corrected chi connectivity index (χ1v) is 6.71. The van der Waals surface area contributed by atoms with Crippen molar-refractivity contribution in [3.05, 3.63) is 36.5 Å². The number of aliphatic hydroxyl groups is 1. The van der Waals surface area contributed by atoms with Crippen LogP contribution in [-0.4, -0.2) is 34.7 Å². The maximum Gasteiger partial charge on any atom is 0.251 e. The van der Waals surface area contributed by atoms with E-state index in [1.54, 1.807) is 6.20 Å².